The van der Waals surface area contributed by atoms with E-state index in [0.717, 1.165) is 19.3 Å². The molecule has 128 valence electrons. The van der Waals surface area contributed by atoms with Crippen LogP contribution >= 0.6 is 0 Å². The summed E-state index contributed by atoms with van der Waals surface area (Å²) >= 11 is 0. The first-order chi connectivity index (χ1) is 11.5. The van der Waals surface area contributed by atoms with E-state index in [4.69, 9.17) is 9.36 Å². The second-order valence-electron chi connectivity index (χ2n) is 6.74. The minimum absolute atomic E-state index is 0.136. The number of nitrogens with zero attached hydrogens (tertiary/aromatic N) is 3. The molecule has 1 saturated heterocycles. The van der Waals surface area contributed by atoms with Crippen LogP contribution in [0.15, 0.2) is 9.68 Å². The second kappa shape index (κ2) is 5.61. The molecule has 2 aliphatic heterocycles. The molecule has 3 heterocycles. The van der Waals surface area contributed by atoms with Crippen LogP contribution < -0.4 is 5.32 Å². The van der Waals surface area contributed by atoms with Gasteiger partial charge in [0.2, 0.25) is 0 Å². The van der Waals surface area contributed by atoms with Gasteiger partial charge in [0.05, 0.1) is 18.2 Å². The highest BCUT2D eigenvalue weighted by Crippen LogP contribution is 2.30. The summed E-state index contributed by atoms with van der Waals surface area (Å²) in [5, 5.41) is 10.8. The van der Waals surface area contributed by atoms with E-state index in [1.54, 1.807) is 18.7 Å². The molecular weight excluding hydrogens is 312 g/mol. The molecule has 8 heteroatoms. The standard InChI is InChI=1S/C16H20N4O4/c1-8-13(9(2)23-18-8)16(22)20-6-11-12(7-20)24-19-14(11)15(21)17-10-4-3-5-10/h10-12H,3-7H2,1-2H3,(H,17,21)/t11-,12+/m0/s1. The molecule has 3 aliphatic rings. The highest BCUT2D eigenvalue weighted by Gasteiger charge is 2.47. The summed E-state index contributed by atoms with van der Waals surface area (Å²) in [5.74, 6) is 0.0310. The molecule has 0 aromatic carbocycles. The number of amides is 2. The summed E-state index contributed by atoms with van der Waals surface area (Å²) in [7, 11) is 0. The topological polar surface area (TPSA) is 97.0 Å². The lowest BCUT2D eigenvalue weighted by atomic mass is 9.92. The van der Waals surface area contributed by atoms with Crippen LogP contribution in [0.4, 0.5) is 0 Å². The number of hydrogen-bond donors (Lipinski definition) is 1. The average Bonchev–Trinajstić information content (AvgIpc) is 3.16. The van der Waals surface area contributed by atoms with Gasteiger partial charge in [-0.05, 0) is 33.1 Å². The SMILES string of the molecule is Cc1noc(C)c1C(=O)N1C[C@@H]2C(C(=O)NC3CCC3)=NO[C@@H]2C1. The van der Waals surface area contributed by atoms with Crippen molar-refractivity contribution < 1.29 is 18.9 Å². The van der Waals surface area contributed by atoms with Crippen LogP contribution in [0.2, 0.25) is 0 Å². The lowest BCUT2D eigenvalue weighted by Gasteiger charge is -2.26. The summed E-state index contributed by atoms with van der Waals surface area (Å²) < 4.78 is 5.08. The number of hydrogen-bond acceptors (Lipinski definition) is 6. The van der Waals surface area contributed by atoms with E-state index in [0.29, 0.717) is 35.8 Å². The van der Waals surface area contributed by atoms with Crippen molar-refractivity contribution in [2.75, 3.05) is 13.1 Å². The summed E-state index contributed by atoms with van der Waals surface area (Å²) in [6.07, 6.45) is 2.94. The van der Waals surface area contributed by atoms with Gasteiger partial charge in [0.1, 0.15) is 11.3 Å². The lowest BCUT2D eigenvalue weighted by molar-refractivity contribution is -0.116. The Kier molecular flexibility index (Phi) is 3.54. The molecule has 1 aromatic heterocycles. The Morgan fingerprint density at radius 1 is 1.25 bits per heavy atom. The van der Waals surface area contributed by atoms with Crippen molar-refractivity contribution in [1.82, 2.24) is 15.4 Å². The lowest BCUT2D eigenvalue weighted by Crippen LogP contribution is -2.45. The first-order valence-electron chi connectivity index (χ1n) is 8.31. The second-order valence-corrected chi connectivity index (χ2v) is 6.74. The van der Waals surface area contributed by atoms with Crippen LogP contribution in [0.5, 0.6) is 0 Å². The average molecular weight is 332 g/mol. The third-order valence-corrected chi connectivity index (χ3v) is 5.11. The van der Waals surface area contributed by atoms with E-state index in [2.05, 4.69) is 15.6 Å². The van der Waals surface area contributed by atoms with Gasteiger partial charge >= 0.3 is 0 Å². The molecule has 1 N–H and O–H groups in total. The van der Waals surface area contributed by atoms with E-state index >= 15 is 0 Å². The van der Waals surface area contributed by atoms with Crippen molar-refractivity contribution in [2.45, 2.75) is 45.3 Å². The van der Waals surface area contributed by atoms with Crippen molar-refractivity contribution in [3.05, 3.63) is 17.0 Å². The summed E-state index contributed by atoms with van der Waals surface area (Å²) in [4.78, 5) is 32.2. The number of carbonyl (C=O) groups excluding carboxylic acids is 2. The minimum atomic E-state index is -0.253. The molecule has 1 aliphatic carbocycles. The summed E-state index contributed by atoms with van der Waals surface area (Å²) in [5.41, 5.74) is 1.47. The number of rotatable bonds is 3. The molecule has 0 bridgehead atoms. The van der Waals surface area contributed by atoms with Gasteiger partial charge in [0.15, 0.2) is 11.8 Å². The Morgan fingerprint density at radius 3 is 2.67 bits per heavy atom. The largest absolute Gasteiger partial charge is 0.389 e. The Balaban J connectivity index is 1.45. The van der Waals surface area contributed by atoms with Crippen LogP contribution in [-0.2, 0) is 9.63 Å². The molecule has 0 unspecified atom stereocenters. The number of likely N-dealkylation sites (tertiary alicyclic amines) is 1. The Hall–Kier alpha value is -2.38. The maximum Gasteiger partial charge on any atom is 0.269 e. The van der Waals surface area contributed by atoms with Crippen LogP contribution in [0.1, 0.15) is 41.1 Å². The van der Waals surface area contributed by atoms with Crippen molar-refractivity contribution in [3.63, 3.8) is 0 Å². The highest BCUT2D eigenvalue weighted by molar-refractivity contribution is 6.40. The molecular formula is C16H20N4O4. The Labute approximate surface area is 139 Å². The third kappa shape index (κ3) is 2.37. The van der Waals surface area contributed by atoms with Crippen LogP contribution in [0.3, 0.4) is 0 Å². The number of carbonyl (C=O) groups is 2. The minimum Gasteiger partial charge on any atom is -0.389 e. The zero-order chi connectivity index (χ0) is 16.8. The van der Waals surface area contributed by atoms with E-state index in [-0.39, 0.29) is 29.9 Å². The Bertz CT molecular complexity index is 702. The number of nitrogens with one attached hydrogen (secondary N) is 1. The third-order valence-electron chi connectivity index (χ3n) is 5.11. The van der Waals surface area contributed by atoms with E-state index in [1.807, 2.05) is 0 Å². The Morgan fingerprint density at radius 2 is 2.04 bits per heavy atom. The van der Waals surface area contributed by atoms with Crippen LogP contribution in [0, 0.1) is 19.8 Å². The molecule has 2 amide bonds. The van der Waals surface area contributed by atoms with Gasteiger partial charge in [-0.3, -0.25) is 9.59 Å². The molecule has 0 spiro atoms. The van der Waals surface area contributed by atoms with Crippen molar-refractivity contribution in [3.8, 4) is 0 Å². The monoisotopic (exact) mass is 332 g/mol. The predicted molar refractivity (Wildman–Crippen MR) is 83.5 cm³/mol. The van der Waals surface area contributed by atoms with Crippen molar-refractivity contribution in [2.24, 2.45) is 11.1 Å². The summed E-state index contributed by atoms with van der Waals surface area (Å²) in [6, 6.07) is 0.251. The first kappa shape index (κ1) is 15.2. The maximum atomic E-state index is 12.7. The predicted octanol–water partition coefficient (Wildman–Crippen LogP) is 0.787. The zero-order valence-electron chi connectivity index (χ0n) is 13.7. The van der Waals surface area contributed by atoms with Crippen LogP contribution in [0.25, 0.3) is 0 Å². The number of oxime groups is 1. The number of aryl methyl sites for hydroxylation is 2. The zero-order valence-corrected chi connectivity index (χ0v) is 13.7. The van der Waals surface area contributed by atoms with E-state index in [9.17, 15) is 9.59 Å². The van der Waals surface area contributed by atoms with Gasteiger partial charge < -0.3 is 19.6 Å². The van der Waals surface area contributed by atoms with Gasteiger partial charge in [0, 0.05) is 12.6 Å². The molecule has 1 saturated carbocycles. The molecule has 24 heavy (non-hydrogen) atoms. The van der Waals surface area contributed by atoms with Gasteiger partial charge in [-0.25, -0.2) is 0 Å². The maximum absolute atomic E-state index is 12.7. The molecule has 8 nitrogen and oxygen atoms in total. The highest BCUT2D eigenvalue weighted by atomic mass is 16.6. The van der Waals surface area contributed by atoms with Crippen LogP contribution in [-0.4, -0.2) is 52.8 Å². The molecule has 1 aromatic rings. The smallest absolute Gasteiger partial charge is 0.269 e. The molecule has 0 radical (unpaired) electrons. The number of aromatic nitrogens is 1. The number of fused-ring (bicyclic) bond motifs is 1. The molecule has 2 fully saturated rings. The molecule has 4 rings (SSSR count). The summed E-state index contributed by atoms with van der Waals surface area (Å²) in [6.45, 7) is 4.30. The van der Waals surface area contributed by atoms with Gasteiger partial charge in [-0.1, -0.05) is 10.3 Å². The fourth-order valence-electron chi connectivity index (χ4n) is 3.47. The van der Waals surface area contributed by atoms with Gasteiger partial charge in [-0.15, -0.1) is 0 Å². The molecule has 2 atom stereocenters. The first-order valence-corrected chi connectivity index (χ1v) is 8.31. The van der Waals surface area contributed by atoms with E-state index in [1.165, 1.54) is 0 Å². The van der Waals surface area contributed by atoms with E-state index < -0.39 is 0 Å². The fraction of sp³-hybridized carbons (Fsp3) is 0.625. The normalized spacial score (nSPS) is 25.8. The van der Waals surface area contributed by atoms with Crippen molar-refractivity contribution >= 4 is 17.5 Å². The van der Waals surface area contributed by atoms with Gasteiger partial charge in [0.25, 0.3) is 11.8 Å². The van der Waals surface area contributed by atoms with Gasteiger partial charge in [-0.2, -0.15) is 0 Å². The van der Waals surface area contributed by atoms with Crippen molar-refractivity contribution in [1.29, 1.82) is 0 Å². The quantitative estimate of drug-likeness (QED) is 0.882. The fourth-order valence-corrected chi connectivity index (χ4v) is 3.47.